The van der Waals surface area contributed by atoms with Gasteiger partial charge in [-0.05, 0) is 23.6 Å². The van der Waals surface area contributed by atoms with Gasteiger partial charge in [0.05, 0.1) is 6.61 Å². The van der Waals surface area contributed by atoms with Crippen molar-refractivity contribution in [2.45, 2.75) is 13.5 Å². The summed E-state index contributed by atoms with van der Waals surface area (Å²) < 4.78 is 4.78. The van der Waals surface area contributed by atoms with Gasteiger partial charge in [-0.15, -0.1) is 10.2 Å². The van der Waals surface area contributed by atoms with Gasteiger partial charge in [0, 0.05) is 10.9 Å². The van der Waals surface area contributed by atoms with E-state index in [0.29, 0.717) is 12.4 Å². The molecule has 0 aromatic carbocycles. The van der Waals surface area contributed by atoms with E-state index in [1.165, 1.54) is 4.80 Å². The minimum Gasteiger partial charge on any atom is -0.465 e. The monoisotopic (exact) mass is 238 g/mol. The molecule has 0 fully saturated rings. The Kier molecular flexibility index (Phi) is 3.25. The third-order valence-electron chi connectivity index (χ3n) is 1.81. The number of carbonyl (C=O) groups excluding carboxylic acids is 1. The highest BCUT2D eigenvalue weighted by atomic mass is 32.1. The van der Waals surface area contributed by atoms with Crippen LogP contribution in [0.2, 0.25) is 0 Å². The summed E-state index contributed by atoms with van der Waals surface area (Å²) >= 11 is 1.56. The molecule has 0 spiro atoms. The van der Waals surface area contributed by atoms with Gasteiger partial charge in [0.25, 0.3) is 0 Å². The molecule has 2 rings (SSSR count). The van der Waals surface area contributed by atoms with Crippen molar-refractivity contribution in [3.63, 3.8) is 0 Å². The summed E-state index contributed by atoms with van der Waals surface area (Å²) in [5.74, 6) is 0.155. The van der Waals surface area contributed by atoms with E-state index in [1.807, 2.05) is 16.8 Å². The van der Waals surface area contributed by atoms with Crippen molar-refractivity contribution in [3.8, 4) is 11.4 Å². The van der Waals surface area contributed by atoms with Crippen LogP contribution in [0.5, 0.6) is 0 Å². The fraction of sp³-hybridized carbons (Fsp3) is 0.333. The maximum atomic E-state index is 11.2. The van der Waals surface area contributed by atoms with Crippen molar-refractivity contribution in [2.75, 3.05) is 6.61 Å². The Morgan fingerprint density at radius 3 is 3.19 bits per heavy atom. The molecule has 0 N–H and O–H groups in total. The molecular formula is C9H10N4O2S. The van der Waals surface area contributed by atoms with Crippen LogP contribution in [0.3, 0.4) is 0 Å². The van der Waals surface area contributed by atoms with Crippen LogP contribution in [0.15, 0.2) is 16.8 Å². The van der Waals surface area contributed by atoms with E-state index in [2.05, 4.69) is 15.4 Å². The molecule has 7 heteroatoms. The molecule has 84 valence electrons. The lowest BCUT2D eigenvalue weighted by atomic mass is 10.3. The molecule has 0 bridgehead atoms. The zero-order chi connectivity index (χ0) is 11.4. The summed E-state index contributed by atoms with van der Waals surface area (Å²) in [6.45, 7) is 2.10. The lowest BCUT2D eigenvalue weighted by molar-refractivity contribution is -0.144. The fourth-order valence-electron chi connectivity index (χ4n) is 1.14. The van der Waals surface area contributed by atoms with Crippen LogP contribution in [0, 0.1) is 0 Å². The first-order valence-corrected chi connectivity index (χ1v) is 5.70. The average Bonchev–Trinajstić information content (AvgIpc) is 2.86. The Bertz CT molecular complexity index is 466. The Balaban J connectivity index is 2.06. The predicted molar refractivity (Wildman–Crippen MR) is 57.8 cm³/mol. The number of hydrogen-bond acceptors (Lipinski definition) is 6. The summed E-state index contributed by atoms with van der Waals surface area (Å²) in [6.07, 6.45) is 0. The number of aromatic nitrogens is 4. The van der Waals surface area contributed by atoms with E-state index < -0.39 is 0 Å². The Hall–Kier alpha value is -1.76. The average molecular weight is 238 g/mol. The maximum Gasteiger partial charge on any atom is 0.329 e. The van der Waals surface area contributed by atoms with E-state index in [9.17, 15) is 4.79 Å². The summed E-state index contributed by atoms with van der Waals surface area (Å²) in [5.41, 5.74) is 0.903. The van der Waals surface area contributed by atoms with Crippen LogP contribution in [-0.2, 0) is 16.1 Å². The van der Waals surface area contributed by atoms with Gasteiger partial charge in [-0.3, -0.25) is 0 Å². The quantitative estimate of drug-likeness (QED) is 0.742. The van der Waals surface area contributed by atoms with Gasteiger partial charge >= 0.3 is 5.97 Å². The van der Waals surface area contributed by atoms with Crippen molar-refractivity contribution in [2.24, 2.45) is 0 Å². The zero-order valence-electron chi connectivity index (χ0n) is 8.66. The summed E-state index contributed by atoms with van der Waals surface area (Å²) in [6, 6.07) is 1.90. The van der Waals surface area contributed by atoms with Gasteiger partial charge in [0.1, 0.15) is 0 Å². The minimum atomic E-state index is -0.364. The largest absolute Gasteiger partial charge is 0.465 e. The molecule has 0 amide bonds. The molecule has 2 heterocycles. The Labute approximate surface area is 95.8 Å². The van der Waals surface area contributed by atoms with E-state index in [0.717, 1.165) is 5.56 Å². The predicted octanol–water partition coefficient (Wildman–Crippen LogP) is 0.965. The molecule has 0 radical (unpaired) electrons. The van der Waals surface area contributed by atoms with Crippen LogP contribution in [0.1, 0.15) is 6.92 Å². The molecule has 2 aromatic heterocycles. The number of esters is 1. The molecule has 6 nitrogen and oxygen atoms in total. The third-order valence-corrected chi connectivity index (χ3v) is 2.49. The van der Waals surface area contributed by atoms with E-state index in [-0.39, 0.29) is 12.5 Å². The minimum absolute atomic E-state index is 0.00895. The van der Waals surface area contributed by atoms with Crippen molar-refractivity contribution in [1.29, 1.82) is 0 Å². The van der Waals surface area contributed by atoms with Gasteiger partial charge in [0.15, 0.2) is 6.54 Å². The molecule has 0 saturated heterocycles. The Morgan fingerprint density at radius 1 is 1.62 bits per heavy atom. The first-order chi connectivity index (χ1) is 7.79. The van der Waals surface area contributed by atoms with Crippen LogP contribution in [0.25, 0.3) is 11.4 Å². The van der Waals surface area contributed by atoms with Crippen molar-refractivity contribution < 1.29 is 9.53 Å². The number of rotatable bonds is 4. The number of tetrazole rings is 1. The lowest BCUT2D eigenvalue weighted by Crippen LogP contribution is -2.15. The standard InChI is InChI=1S/C9H10N4O2S/c1-2-15-8(14)5-13-11-9(10-12-13)7-3-4-16-6-7/h3-4,6H,2,5H2,1H3. The van der Waals surface area contributed by atoms with Crippen LogP contribution in [0.4, 0.5) is 0 Å². The van der Waals surface area contributed by atoms with Crippen LogP contribution >= 0.6 is 11.3 Å². The highest BCUT2D eigenvalue weighted by molar-refractivity contribution is 7.08. The van der Waals surface area contributed by atoms with Crippen molar-refractivity contribution in [1.82, 2.24) is 20.2 Å². The Morgan fingerprint density at radius 2 is 2.50 bits per heavy atom. The van der Waals surface area contributed by atoms with Gasteiger partial charge in [-0.2, -0.15) is 16.1 Å². The highest BCUT2D eigenvalue weighted by Gasteiger charge is 2.09. The van der Waals surface area contributed by atoms with Crippen molar-refractivity contribution >= 4 is 17.3 Å². The fourth-order valence-corrected chi connectivity index (χ4v) is 1.77. The van der Waals surface area contributed by atoms with E-state index in [1.54, 1.807) is 18.3 Å². The molecule has 0 aliphatic rings. The lowest BCUT2D eigenvalue weighted by Gasteiger charge is -1.98. The van der Waals surface area contributed by atoms with Crippen LogP contribution < -0.4 is 0 Å². The molecular weight excluding hydrogens is 228 g/mol. The topological polar surface area (TPSA) is 69.9 Å². The van der Waals surface area contributed by atoms with Crippen molar-refractivity contribution in [3.05, 3.63) is 16.8 Å². The SMILES string of the molecule is CCOC(=O)Cn1nnc(-c2ccsc2)n1. The second-order valence-electron chi connectivity index (χ2n) is 2.96. The molecule has 0 unspecified atom stereocenters. The number of hydrogen-bond donors (Lipinski definition) is 0. The zero-order valence-corrected chi connectivity index (χ0v) is 9.48. The normalized spacial score (nSPS) is 10.3. The van der Waals surface area contributed by atoms with E-state index >= 15 is 0 Å². The molecule has 0 saturated carbocycles. The van der Waals surface area contributed by atoms with Gasteiger partial charge in [0.2, 0.25) is 5.82 Å². The number of ether oxygens (including phenoxy) is 1. The first kappa shape index (κ1) is 10.7. The van der Waals surface area contributed by atoms with Crippen LogP contribution in [-0.4, -0.2) is 32.8 Å². The van der Waals surface area contributed by atoms with Gasteiger partial charge < -0.3 is 4.74 Å². The maximum absolute atomic E-state index is 11.2. The number of nitrogens with zero attached hydrogens (tertiary/aromatic N) is 4. The first-order valence-electron chi connectivity index (χ1n) is 4.75. The molecule has 2 aromatic rings. The number of thiophene rings is 1. The summed E-state index contributed by atoms with van der Waals surface area (Å²) in [5, 5.41) is 15.6. The number of carbonyl (C=O) groups is 1. The molecule has 0 aliphatic carbocycles. The molecule has 0 atom stereocenters. The highest BCUT2D eigenvalue weighted by Crippen LogP contribution is 2.16. The summed E-state index contributed by atoms with van der Waals surface area (Å²) in [4.78, 5) is 12.4. The van der Waals surface area contributed by atoms with E-state index in [4.69, 9.17) is 4.74 Å². The molecule has 0 aliphatic heterocycles. The second kappa shape index (κ2) is 4.84. The molecule has 16 heavy (non-hydrogen) atoms. The van der Waals surface area contributed by atoms with Gasteiger partial charge in [-0.1, -0.05) is 0 Å². The second-order valence-corrected chi connectivity index (χ2v) is 3.74. The third kappa shape index (κ3) is 2.43. The van der Waals surface area contributed by atoms with Gasteiger partial charge in [-0.25, -0.2) is 4.79 Å². The smallest absolute Gasteiger partial charge is 0.329 e. The summed E-state index contributed by atoms with van der Waals surface area (Å²) in [7, 11) is 0.